The number of amides is 1. The number of hydrogen-bond donors (Lipinski definition) is 0. The van der Waals surface area contributed by atoms with Crippen LogP contribution in [0.1, 0.15) is 12.5 Å². The second-order valence-electron chi connectivity index (χ2n) is 5.50. The summed E-state index contributed by atoms with van der Waals surface area (Å²) in [6.45, 7) is 3.06. The monoisotopic (exact) mass is 411 g/mol. The van der Waals surface area contributed by atoms with Crippen LogP contribution in [0.3, 0.4) is 0 Å². The molecule has 1 amide bonds. The minimum absolute atomic E-state index is 0.0874. The van der Waals surface area contributed by atoms with Crippen molar-refractivity contribution < 1.29 is 23.0 Å². The number of nitrogens with zero attached hydrogens (tertiary/aromatic N) is 1. The van der Waals surface area contributed by atoms with Crippen LogP contribution >= 0.6 is 15.9 Å². The minimum atomic E-state index is -0.982. The third-order valence-corrected chi connectivity index (χ3v) is 4.62. The van der Waals surface area contributed by atoms with Crippen LogP contribution < -0.4 is 14.4 Å². The first kappa shape index (κ1) is 17.7. The number of ether oxygens (including phenoxy) is 2. The Bertz CT molecular complexity index is 813. The lowest BCUT2D eigenvalue weighted by Crippen LogP contribution is -2.32. The summed E-state index contributed by atoms with van der Waals surface area (Å²) < 4.78 is 38.4. The number of likely N-dealkylation sites (N-methyl/N-ethyl adjacent to an activating group) is 1. The molecule has 0 unspecified atom stereocenters. The van der Waals surface area contributed by atoms with E-state index in [1.807, 2.05) is 0 Å². The van der Waals surface area contributed by atoms with E-state index in [0.29, 0.717) is 36.9 Å². The number of rotatable bonds is 4. The Kier molecular flexibility index (Phi) is 5.22. The first-order valence-electron chi connectivity index (χ1n) is 7.83. The normalized spacial score (nSPS) is 12.8. The van der Waals surface area contributed by atoms with Gasteiger partial charge in [-0.3, -0.25) is 4.79 Å². The summed E-state index contributed by atoms with van der Waals surface area (Å²) in [6.07, 6.45) is 0.0874. The number of hydrogen-bond acceptors (Lipinski definition) is 3. The molecule has 0 fully saturated rings. The highest BCUT2D eigenvalue weighted by atomic mass is 79.9. The molecule has 1 heterocycles. The van der Waals surface area contributed by atoms with Gasteiger partial charge in [0.1, 0.15) is 13.2 Å². The van der Waals surface area contributed by atoms with E-state index in [1.54, 1.807) is 19.1 Å². The molecule has 0 aromatic heterocycles. The predicted octanol–water partition coefficient (Wildman–Crippen LogP) is 4.09. The number of benzene rings is 2. The first-order valence-corrected chi connectivity index (χ1v) is 8.62. The number of carbonyl (C=O) groups is 1. The van der Waals surface area contributed by atoms with Crippen molar-refractivity contribution in [2.75, 3.05) is 24.7 Å². The van der Waals surface area contributed by atoms with Crippen LogP contribution in [0.2, 0.25) is 0 Å². The zero-order valence-electron chi connectivity index (χ0n) is 13.5. The SMILES string of the molecule is CCN(C(=O)Cc1cc2c(cc1Br)OCCO2)c1ccc(F)c(F)c1. The third kappa shape index (κ3) is 3.76. The quantitative estimate of drug-likeness (QED) is 0.760. The topological polar surface area (TPSA) is 38.8 Å². The van der Waals surface area contributed by atoms with Crippen LogP contribution in [0.4, 0.5) is 14.5 Å². The van der Waals surface area contributed by atoms with Crippen LogP contribution in [0.5, 0.6) is 11.5 Å². The van der Waals surface area contributed by atoms with Crippen molar-refractivity contribution in [3.8, 4) is 11.5 Å². The van der Waals surface area contributed by atoms with Gasteiger partial charge in [-0.05, 0) is 36.8 Å². The first-order chi connectivity index (χ1) is 12.0. The molecular formula is C18H16BrF2NO3. The van der Waals surface area contributed by atoms with Gasteiger partial charge in [-0.15, -0.1) is 0 Å². The highest BCUT2D eigenvalue weighted by molar-refractivity contribution is 9.10. The highest BCUT2D eigenvalue weighted by Crippen LogP contribution is 2.36. The lowest BCUT2D eigenvalue weighted by molar-refractivity contribution is -0.117. The fourth-order valence-corrected chi connectivity index (χ4v) is 3.12. The number of carbonyl (C=O) groups excluding carboxylic acids is 1. The van der Waals surface area contributed by atoms with Gasteiger partial charge in [0.25, 0.3) is 0 Å². The minimum Gasteiger partial charge on any atom is -0.486 e. The van der Waals surface area contributed by atoms with Gasteiger partial charge >= 0.3 is 0 Å². The fraction of sp³-hybridized carbons (Fsp3) is 0.278. The molecule has 2 aromatic carbocycles. The van der Waals surface area contributed by atoms with E-state index in [4.69, 9.17) is 9.47 Å². The highest BCUT2D eigenvalue weighted by Gasteiger charge is 2.20. The van der Waals surface area contributed by atoms with Crippen molar-refractivity contribution in [2.45, 2.75) is 13.3 Å². The summed E-state index contributed by atoms with van der Waals surface area (Å²) in [4.78, 5) is 14.1. The average molecular weight is 412 g/mol. The van der Waals surface area contributed by atoms with E-state index in [9.17, 15) is 13.6 Å². The molecule has 0 N–H and O–H groups in total. The number of anilines is 1. The molecule has 0 saturated heterocycles. The van der Waals surface area contributed by atoms with Crippen LogP contribution in [0.25, 0.3) is 0 Å². The van der Waals surface area contributed by atoms with Gasteiger partial charge in [-0.25, -0.2) is 8.78 Å². The largest absolute Gasteiger partial charge is 0.486 e. The lowest BCUT2D eigenvalue weighted by atomic mass is 10.1. The van der Waals surface area contributed by atoms with Gasteiger partial charge in [0, 0.05) is 22.8 Å². The van der Waals surface area contributed by atoms with Gasteiger partial charge in [0.2, 0.25) is 5.91 Å². The van der Waals surface area contributed by atoms with E-state index in [0.717, 1.165) is 22.2 Å². The molecule has 25 heavy (non-hydrogen) atoms. The summed E-state index contributed by atoms with van der Waals surface area (Å²) in [6, 6.07) is 6.95. The molecule has 4 nitrogen and oxygen atoms in total. The van der Waals surface area contributed by atoms with E-state index in [2.05, 4.69) is 15.9 Å². The smallest absolute Gasteiger partial charge is 0.231 e. The van der Waals surface area contributed by atoms with Crippen LogP contribution in [0, 0.1) is 11.6 Å². The Morgan fingerprint density at radius 1 is 1.12 bits per heavy atom. The molecule has 132 valence electrons. The second kappa shape index (κ2) is 7.39. The molecule has 0 spiro atoms. The summed E-state index contributed by atoms with van der Waals surface area (Å²) >= 11 is 3.44. The zero-order chi connectivity index (χ0) is 18.0. The van der Waals surface area contributed by atoms with Crippen molar-refractivity contribution >= 4 is 27.5 Å². The van der Waals surface area contributed by atoms with Gasteiger partial charge in [0.15, 0.2) is 23.1 Å². The van der Waals surface area contributed by atoms with E-state index in [1.165, 1.54) is 11.0 Å². The fourth-order valence-electron chi connectivity index (χ4n) is 2.66. The Balaban J connectivity index is 1.83. The Morgan fingerprint density at radius 2 is 1.80 bits per heavy atom. The summed E-state index contributed by atoms with van der Waals surface area (Å²) in [5.41, 5.74) is 1.05. The Labute approximate surface area is 152 Å². The number of halogens is 3. The van der Waals surface area contributed by atoms with Crippen molar-refractivity contribution in [1.29, 1.82) is 0 Å². The predicted molar refractivity (Wildman–Crippen MR) is 93.2 cm³/mol. The zero-order valence-corrected chi connectivity index (χ0v) is 15.1. The molecule has 7 heteroatoms. The van der Waals surface area contributed by atoms with Crippen molar-refractivity contribution in [3.63, 3.8) is 0 Å². The average Bonchev–Trinajstić information content (AvgIpc) is 2.59. The van der Waals surface area contributed by atoms with Gasteiger partial charge in [-0.2, -0.15) is 0 Å². The van der Waals surface area contributed by atoms with Crippen molar-refractivity contribution in [3.05, 3.63) is 52.0 Å². The molecular weight excluding hydrogens is 396 g/mol. The lowest BCUT2D eigenvalue weighted by Gasteiger charge is -2.23. The molecule has 0 atom stereocenters. The molecule has 0 saturated carbocycles. The van der Waals surface area contributed by atoms with Gasteiger partial charge < -0.3 is 14.4 Å². The van der Waals surface area contributed by atoms with Crippen molar-refractivity contribution in [1.82, 2.24) is 0 Å². The summed E-state index contributed by atoms with van der Waals surface area (Å²) in [7, 11) is 0. The summed E-state index contributed by atoms with van der Waals surface area (Å²) in [5.74, 6) is -0.938. The van der Waals surface area contributed by atoms with E-state index in [-0.39, 0.29) is 12.3 Å². The molecule has 0 aliphatic carbocycles. The maximum Gasteiger partial charge on any atom is 0.231 e. The molecule has 1 aliphatic rings. The molecule has 3 rings (SSSR count). The second-order valence-corrected chi connectivity index (χ2v) is 6.35. The van der Waals surface area contributed by atoms with E-state index >= 15 is 0 Å². The van der Waals surface area contributed by atoms with Crippen molar-refractivity contribution in [2.24, 2.45) is 0 Å². The van der Waals surface area contributed by atoms with Gasteiger partial charge in [0.05, 0.1) is 6.42 Å². The maximum atomic E-state index is 13.5. The standard InChI is InChI=1S/C18H16BrF2NO3/c1-2-22(12-3-4-14(20)15(21)9-12)18(23)8-11-7-16-17(10-13(11)19)25-6-5-24-16/h3-4,7,9-10H,2,5-6,8H2,1H3. The third-order valence-electron chi connectivity index (χ3n) is 3.89. The molecule has 0 radical (unpaired) electrons. The van der Waals surface area contributed by atoms with Crippen LogP contribution in [0.15, 0.2) is 34.8 Å². The maximum absolute atomic E-state index is 13.5. The van der Waals surface area contributed by atoms with Crippen LogP contribution in [-0.2, 0) is 11.2 Å². The van der Waals surface area contributed by atoms with Crippen LogP contribution in [-0.4, -0.2) is 25.7 Å². The van der Waals surface area contributed by atoms with Gasteiger partial charge in [-0.1, -0.05) is 15.9 Å². The number of fused-ring (bicyclic) bond motifs is 1. The molecule has 1 aliphatic heterocycles. The van der Waals surface area contributed by atoms with E-state index < -0.39 is 11.6 Å². The summed E-state index contributed by atoms with van der Waals surface area (Å²) in [5, 5.41) is 0. The Hall–Kier alpha value is -2.15. The molecule has 2 aromatic rings. The molecule has 0 bridgehead atoms. The Morgan fingerprint density at radius 3 is 2.44 bits per heavy atom.